The number of piperazine rings is 1. The summed E-state index contributed by atoms with van der Waals surface area (Å²) in [4.78, 5) is 29.1. The quantitative estimate of drug-likeness (QED) is 0.901. The van der Waals surface area contributed by atoms with Crippen molar-refractivity contribution in [2.45, 2.75) is 20.3 Å². The summed E-state index contributed by atoms with van der Waals surface area (Å²) >= 11 is 1.54. The summed E-state index contributed by atoms with van der Waals surface area (Å²) in [5.41, 5.74) is 1.23. The van der Waals surface area contributed by atoms with Crippen LogP contribution in [0.3, 0.4) is 0 Å². The standard InChI is InChI=1S/C14H20N2O3S/c1-3-11-8-12(20-10(11)2)14(19)16-6-4-15(5-7-16)13(18)9-17/h8,17H,3-7,9H2,1-2H3. The molecule has 2 heterocycles. The highest BCUT2D eigenvalue weighted by molar-refractivity contribution is 7.14. The van der Waals surface area contributed by atoms with E-state index >= 15 is 0 Å². The van der Waals surface area contributed by atoms with Gasteiger partial charge < -0.3 is 14.9 Å². The third-order valence-corrected chi connectivity index (χ3v) is 4.75. The number of hydrogen-bond acceptors (Lipinski definition) is 4. The number of rotatable bonds is 3. The average Bonchev–Trinajstić information content (AvgIpc) is 2.87. The van der Waals surface area contributed by atoms with Crippen molar-refractivity contribution in [1.82, 2.24) is 9.80 Å². The van der Waals surface area contributed by atoms with Crippen LogP contribution in [-0.4, -0.2) is 59.5 Å². The van der Waals surface area contributed by atoms with Gasteiger partial charge in [-0.3, -0.25) is 9.59 Å². The number of aliphatic hydroxyl groups is 1. The molecule has 1 aromatic rings. The fourth-order valence-electron chi connectivity index (χ4n) is 2.39. The molecule has 0 aromatic carbocycles. The third kappa shape index (κ3) is 3.02. The van der Waals surface area contributed by atoms with Crippen LogP contribution in [0.25, 0.3) is 0 Å². The first kappa shape index (κ1) is 15.0. The second kappa shape index (κ2) is 6.37. The molecule has 1 fully saturated rings. The minimum absolute atomic E-state index is 0.0499. The summed E-state index contributed by atoms with van der Waals surface area (Å²) in [5, 5.41) is 8.83. The van der Waals surface area contributed by atoms with Crippen molar-refractivity contribution in [2.75, 3.05) is 32.8 Å². The molecule has 1 saturated heterocycles. The maximum Gasteiger partial charge on any atom is 0.264 e. The van der Waals surface area contributed by atoms with E-state index in [1.807, 2.05) is 13.0 Å². The van der Waals surface area contributed by atoms with E-state index in [4.69, 9.17) is 5.11 Å². The van der Waals surface area contributed by atoms with Gasteiger partial charge in [-0.05, 0) is 25.0 Å². The molecule has 1 N–H and O–H groups in total. The van der Waals surface area contributed by atoms with Crippen LogP contribution in [0, 0.1) is 6.92 Å². The molecule has 1 aromatic heterocycles. The highest BCUT2D eigenvalue weighted by Crippen LogP contribution is 2.23. The molecule has 0 spiro atoms. The van der Waals surface area contributed by atoms with E-state index in [1.165, 1.54) is 10.4 Å². The molecule has 0 saturated carbocycles. The van der Waals surface area contributed by atoms with Crippen molar-refractivity contribution < 1.29 is 14.7 Å². The van der Waals surface area contributed by atoms with Crippen molar-refractivity contribution in [1.29, 1.82) is 0 Å². The predicted molar refractivity (Wildman–Crippen MR) is 78.0 cm³/mol. The molecule has 5 nitrogen and oxygen atoms in total. The first-order chi connectivity index (χ1) is 9.56. The molecule has 0 radical (unpaired) electrons. The van der Waals surface area contributed by atoms with Crippen molar-refractivity contribution in [3.63, 3.8) is 0 Å². The Balaban J connectivity index is 1.99. The average molecular weight is 296 g/mol. The molecule has 0 aliphatic carbocycles. The van der Waals surface area contributed by atoms with Crippen molar-refractivity contribution in [3.8, 4) is 0 Å². The Bertz CT molecular complexity index is 505. The number of thiophene rings is 1. The van der Waals surface area contributed by atoms with E-state index in [1.54, 1.807) is 21.1 Å². The first-order valence-electron chi connectivity index (χ1n) is 6.84. The second-order valence-electron chi connectivity index (χ2n) is 4.88. The first-order valence-corrected chi connectivity index (χ1v) is 7.65. The van der Waals surface area contributed by atoms with Gasteiger partial charge in [0.1, 0.15) is 6.61 Å². The Labute approximate surface area is 122 Å². The monoisotopic (exact) mass is 296 g/mol. The maximum absolute atomic E-state index is 12.4. The van der Waals surface area contributed by atoms with Crippen molar-refractivity contribution in [3.05, 3.63) is 21.4 Å². The van der Waals surface area contributed by atoms with E-state index in [0.717, 1.165) is 11.3 Å². The summed E-state index contributed by atoms with van der Waals surface area (Å²) in [7, 11) is 0. The van der Waals surface area contributed by atoms with Gasteiger partial charge in [-0.2, -0.15) is 0 Å². The molecule has 1 aliphatic heterocycles. The molecular formula is C14H20N2O3S. The van der Waals surface area contributed by atoms with E-state index in [0.29, 0.717) is 26.2 Å². The highest BCUT2D eigenvalue weighted by atomic mass is 32.1. The number of nitrogens with zero attached hydrogens (tertiary/aromatic N) is 2. The maximum atomic E-state index is 12.4. The van der Waals surface area contributed by atoms with Crippen LogP contribution in [-0.2, 0) is 11.2 Å². The van der Waals surface area contributed by atoms with Crippen LogP contribution >= 0.6 is 11.3 Å². The van der Waals surface area contributed by atoms with E-state index in [-0.39, 0.29) is 11.8 Å². The summed E-state index contributed by atoms with van der Waals surface area (Å²) in [6.07, 6.45) is 0.939. The normalized spacial score (nSPS) is 15.6. The fourth-order valence-corrected chi connectivity index (χ4v) is 3.47. The SMILES string of the molecule is CCc1cc(C(=O)N2CCN(C(=O)CO)CC2)sc1C. The summed E-state index contributed by atoms with van der Waals surface area (Å²) < 4.78 is 0. The number of hydrogen-bond donors (Lipinski definition) is 1. The minimum Gasteiger partial charge on any atom is -0.387 e. The molecule has 2 rings (SSSR count). The molecule has 6 heteroatoms. The van der Waals surface area contributed by atoms with Crippen LogP contribution < -0.4 is 0 Å². The fraction of sp³-hybridized carbons (Fsp3) is 0.571. The van der Waals surface area contributed by atoms with Gasteiger partial charge in [0.2, 0.25) is 5.91 Å². The van der Waals surface area contributed by atoms with Crippen LogP contribution in [0.5, 0.6) is 0 Å². The van der Waals surface area contributed by atoms with Crippen molar-refractivity contribution in [2.24, 2.45) is 0 Å². The molecule has 1 aliphatic rings. The summed E-state index contributed by atoms with van der Waals surface area (Å²) in [5.74, 6) is -0.216. The number of carbonyl (C=O) groups is 2. The van der Waals surface area contributed by atoms with Crippen LogP contribution in [0.2, 0.25) is 0 Å². The number of aryl methyl sites for hydroxylation is 2. The van der Waals surface area contributed by atoms with Gasteiger partial charge in [0.25, 0.3) is 5.91 Å². The Kier molecular flexibility index (Phi) is 4.77. The molecule has 0 bridgehead atoms. The van der Waals surface area contributed by atoms with E-state index in [9.17, 15) is 9.59 Å². The molecule has 110 valence electrons. The Morgan fingerprint density at radius 2 is 1.85 bits per heavy atom. The topological polar surface area (TPSA) is 60.9 Å². The van der Waals surface area contributed by atoms with E-state index in [2.05, 4.69) is 6.92 Å². The Hall–Kier alpha value is -1.40. The molecule has 0 unspecified atom stereocenters. The third-order valence-electron chi connectivity index (χ3n) is 3.67. The van der Waals surface area contributed by atoms with Crippen LogP contribution in [0.1, 0.15) is 27.0 Å². The Morgan fingerprint density at radius 1 is 1.25 bits per heavy atom. The Morgan fingerprint density at radius 3 is 2.35 bits per heavy atom. The van der Waals surface area contributed by atoms with E-state index < -0.39 is 6.61 Å². The molecule has 20 heavy (non-hydrogen) atoms. The van der Waals surface area contributed by atoms with Gasteiger partial charge >= 0.3 is 0 Å². The second-order valence-corrected chi connectivity index (χ2v) is 6.13. The van der Waals surface area contributed by atoms with Gasteiger partial charge in [0, 0.05) is 31.1 Å². The van der Waals surface area contributed by atoms with Gasteiger partial charge in [-0.1, -0.05) is 6.92 Å². The smallest absolute Gasteiger partial charge is 0.264 e. The number of carbonyl (C=O) groups excluding carboxylic acids is 2. The van der Waals surface area contributed by atoms with Gasteiger partial charge in [-0.25, -0.2) is 0 Å². The lowest BCUT2D eigenvalue weighted by Crippen LogP contribution is -2.51. The molecule has 2 amide bonds. The predicted octanol–water partition coefficient (Wildman–Crippen LogP) is 0.896. The number of amides is 2. The lowest BCUT2D eigenvalue weighted by Gasteiger charge is -2.34. The zero-order chi connectivity index (χ0) is 14.7. The molecular weight excluding hydrogens is 276 g/mol. The van der Waals surface area contributed by atoms with Gasteiger partial charge in [0.05, 0.1) is 4.88 Å². The van der Waals surface area contributed by atoms with Crippen molar-refractivity contribution >= 4 is 23.2 Å². The largest absolute Gasteiger partial charge is 0.387 e. The molecule has 0 atom stereocenters. The minimum atomic E-state index is -0.460. The lowest BCUT2D eigenvalue weighted by molar-refractivity contribution is -0.135. The van der Waals surface area contributed by atoms with Gasteiger partial charge in [0.15, 0.2) is 0 Å². The number of aliphatic hydroxyl groups excluding tert-OH is 1. The zero-order valence-corrected chi connectivity index (χ0v) is 12.7. The summed E-state index contributed by atoms with van der Waals surface area (Å²) in [6, 6.07) is 1.98. The van der Waals surface area contributed by atoms with Crippen LogP contribution in [0.15, 0.2) is 6.07 Å². The van der Waals surface area contributed by atoms with Gasteiger partial charge in [-0.15, -0.1) is 11.3 Å². The summed E-state index contributed by atoms with van der Waals surface area (Å²) in [6.45, 7) is 5.72. The van der Waals surface area contributed by atoms with Crippen LogP contribution in [0.4, 0.5) is 0 Å². The lowest BCUT2D eigenvalue weighted by atomic mass is 10.2. The highest BCUT2D eigenvalue weighted by Gasteiger charge is 2.25. The zero-order valence-electron chi connectivity index (χ0n) is 11.9.